The first-order valence-electron chi connectivity index (χ1n) is 5.69. The van der Waals surface area contributed by atoms with Gasteiger partial charge in [-0.05, 0) is 32.1 Å². The lowest BCUT2D eigenvalue weighted by Gasteiger charge is -2.22. The third-order valence-corrected chi connectivity index (χ3v) is 3.74. The first-order chi connectivity index (χ1) is 7.58. The molecule has 1 heterocycles. The maximum atomic E-state index is 10.6. The summed E-state index contributed by atoms with van der Waals surface area (Å²) in [4.78, 5) is 0. The minimum atomic E-state index is -3.34. The molecular weight excluding hydrogens is 252 g/mol. The first-order valence-corrected chi connectivity index (χ1v) is 8.17. The fraction of sp³-hybridized carbons (Fsp3) is 1.00. The molecule has 1 fully saturated rings. The van der Waals surface area contributed by atoms with E-state index in [0.29, 0.717) is 19.6 Å². The van der Waals surface area contributed by atoms with Crippen molar-refractivity contribution in [3.63, 3.8) is 0 Å². The third-order valence-electron chi connectivity index (χ3n) is 2.50. The fourth-order valence-electron chi connectivity index (χ4n) is 1.63. The lowest BCUT2D eigenvalue weighted by molar-refractivity contribution is -0.0409. The zero-order valence-corrected chi connectivity index (χ0v) is 10.9. The van der Waals surface area contributed by atoms with Gasteiger partial charge in [0.2, 0.25) is 9.05 Å². The van der Waals surface area contributed by atoms with Gasteiger partial charge in [-0.2, -0.15) is 0 Å². The van der Waals surface area contributed by atoms with Gasteiger partial charge in [0, 0.05) is 23.9 Å². The van der Waals surface area contributed by atoms with Crippen LogP contribution >= 0.6 is 10.7 Å². The van der Waals surface area contributed by atoms with Gasteiger partial charge in [0.25, 0.3) is 0 Å². The molecule has 0 spiro atoms. The zero-order chi connectivity index (χ0) is 11.9. The second kappa shape index (κ2) is 7.48. The van der Waals surface area contributed by atoms with Crippen molar-refractivity contribution in [2.75, 3.05) is 25.6 Å². The molecule has 1 rings (SSSR count). The largest absolute Gasteiger partial charge is 0.379 e. The Hall–Kier alpha value is 0.160. The molecule has 1 unspecified atom stereocenters. The predicted molar refractivity (Wildman–Crippen MR) is 63.3 cm³/mol. The van der Waals surface area contributed by atoms with E-state index in [1.165, 1.54) is 6.42 Å². The van der Waals surface area contributed by atoms with Crippen LogP contribution in [0.25, 0.3) is 0 Å². The molecule has 1 aliphatic rings. The molecule has 0 bridgehead atoms. The topological polar surface area (TPSA) is 52.6 Å². The number of halogens is 1. The highest BCUT2D eigenvalue weighted by molar-refractivity contribution is 8.13. The Bertz CT molecular complexity index is 273. The summed E-state index contributed by atoms with van der Waals surface area (Å²) in [7, 11) is 1.74. The van der Waals surface area contributed by atoms with Crippen LogP contribution in [-0.4, -0.2) is 40.1 Å². The molecule has 0 amide bonds. The molecule has 6 heteroatoms. The monoisotopic (exact) mass is 270 g/mol. The number of hydrogen-bond acceptors (Lipinski definition) is 4. The SMILES string of the molecule is O=S(=O)(Cl)CCCCOCC1CCCCO1. The summed E-state index contributed by atoms with van der Waals surface area (Å²) < 4.78 is 32.2. The molecule has 0 N–H and O–H groups in total. The minimum Gasteiger partial charge on any atom is -0.379 e. The van der Waals surface area contributed by atoms with E-state index in [4.69, 9.17) is 20.2 Å². The highest BCUT2D eigenvalue weighted by Crippen LogP contribution is 2.12. The molecular formula is C10H19ClO4S. The van der Waals surface area contributed by atoms with Crippen LogP contribution in [0.4, 0.5) is 0 Å². The van der Waals surface area contributed by atoms with E-state index in [1.54, 1.807) is 0 Å². The van der Waals surface area contributed by atoms with Crippen molar-refractivity contribution in [1.29, 1.82) is 0 Å². The van der Waals surface area contributed by atoms with Gasteiger partial charge >= 0.3 is 0 Å². The van der Waals surface area contributed by atoms with Gasteiger partial charge in [-0.15, -0.1) is 0 Å². The maximum Gasteiger partial charge on any atom is 0.232 e. The van der Waals surface area contributed by atoms with Crippen LogP contribution in [0.5, 0.6) is 0 Å². The number of unbranched alkanes of at least 4 members (excludes halogenated alkanes) is 1. The highest BCUT2D eigenvalue weighted by atomic mass is 35.7. The minimum absolute atomic E-state index is 0.0256. The van der Waals surface area contributed by atoms with Gasteiger partial charge in [-0.1, -0.05) is 0 Å². The summed E-state index contributed by atoms with van der Waals surface area (Å²) in [6.45, 7) is 2.03. The van der Waals surface area contributed by atoms with Crippen LogP contribution in [0.2, 0.25) is 0 Å². The standard InChI is InChI=1S/C10H19ClO4S/c11-16(12,13)8-4-3-6-14-9-10-5-1-2-7-15-10/h10H,1-9H2. The molecule has 0 aromatic carbocycles. The van der Waals surface area contributed by atoms with Crippen molar-refractivity contribution in [1.82, 2.24) is 0 Å². The Balaban J connectivity index is 1.91. The lowest BCUT2D eigenvalue weighted by Crippen LogP contribution is -2.24. The maximum absolute atomic E-state index is 10.6. The highest BCUT2D eigenvalue weighted by Gasteiger charge is 2.13. The predicted octanol–water partition coefficient (Wildman–Crippen LogP) is 1.92. The van der Waals surface area contributed by atoms with Gasteiger partial charge in [-0.25, -0.2) is 8.42 Å². The first kappa shape index (κ1) is 14.2. The smallest absolute Gasteiger partial charge is 0.232 e. The Morgan fingerprint density at radius 2 is 2.12 bits per heavy atom. The van der Waals surface area contributed by atoms with Crippen LogP contribution in [0, 0.1) is 0 Å². The van der Waals surface area contributed by atoms with E-state index in [1.807, 2.05) is 0 Å². The molecule has 96 valence electrons. The van der Waals surface area contributed by atoms with Crippen molar-refractivity contribution >= 4 is 19.7 Å². The summed E-state index contributed by atoms with van der Waals surface area (Å²) >= 11 is 0. The van der Waals surface area contributed by atoms with E-state index in [2.05, 4.69) is 0 Å². The Labute approximate surface area is 102 Å². The van der Waals surface area contributed by atoms with Gasteiger partial charge in [0.05, 0.1) is 18.5 Å². The summed E-state index contributed by atoms with van der Waals surface area (Å²) in [5, 5.41) is 0. The Kier molecular flexibility index (Phi) is 6.65. The number of ether oxygens (including phenoxy) is 2. The molecule has 1 aliphatic heterocycles. The average molecular weight is 271 g/mol. The molecule has 0 aromatic rings. The van der Waals surface area contributed by atoms with Crippen LogP contribution in [-0.2, 0) is 18.5 Å². The van der Waals surface area contributed by atoms with Gasteiger partial charge < -0.3 is 9.47 Å². The van der Waals surface area contributed by atoms with Crippen LogP contribution in [0.1, 0.15) is 32.1 Å². The van der Waals surface area contributed by atoms with Crippen molar-refractivity contribution in [3.8, 4) is 0 Å². The van der Waals surface area contributed by atoms with Gasteiger partial charge in [0.15, 0.2) is 0 Å². The summed E-state index contributed by atoms with van der Waals surface area (Å²) in [5.74, 6) is 0.0256. The second-order valence-corrected chi connectivity index (χ2v) is 6.91. The lowest BCUT2D eigenvalue weighted by atomic mass is 10.1. The molecule has 0 aliphatic carbocycles. The van der Waals surface area contributed by atoms with E-state index in [0.717, 1.165) is 25.9 Å². The van der Waals surface area contributed by atoms with Crippen molar-refractivity contribution in [2.24, 2.45) is 0 Å². The van der Waals surface area contributed by atoms with Gasteiger partial charge in [0.1, 0.15) is 0 Å². The zero-order valence-electron chi connectivity index (χ0n) is 9.36. The van der Waals surface area contributed by atoms with Crippen molar-refractivity contribution in [2.45, 2.75) is 38.2 Å². The normalized spacial score (nSPS) is 22.2. The quantitative estimate of drug-likeness (QED) is 0.524. The summed E-state index contributed by atoms with van der Waals surface area (Å²) in [6.07, 6.45) is 4.92. The van der Waals surface area contributed by atoms with Gasteiger partial charge in [-0.3, -0.25) is 0 Å². The molecule has 16 heavy (non-hydrogen) atoms. The molecule has 1 atom stereocenters. The van der Waals surface area contributed by atoms with E-state index in [9.17, 15) is 8.42 Å². The molecule has 0 aromatic heterocycles. The summed E-state index contributed by atoms with van der Waals surface area (Å²) in [5.41, 5.74) is 0. The molecule has 4 nitrogen and oxygen atoms in total. The molecule has 0 saturated carbocycles. The molecule has 1 saturated heterocycles. The average Bonchev–Trinajstić information content (AvgIpc) is 2.23. The van der Waals surface area contributed by atoms with Crippen molar-refractivity contribution < 1.29 is 17.9 Å². The van der Waals surface area contributed by atoms with E-state index >= 15 is 0 Å². The van der Waals surface area contributed by atoms with Crippen LogP contribution in [0.3, 0.4) is 0 Å². The molecule has 0 radical (unpaired) electrons. The third kappa shape index (κ3) is 7.44. The van der Waals surface area contributed by atoms with E-state index in [-0.39, 0.29) is 11.9 Å². The number of hydrogen-bond donors (Lipinski definition) is 0. The fourth-order valence-corrected chi connectivity index (χ4v) is 2.51. The van der Waals surface area contributed by atoms with Crippen LogP contribution in [0.15, 0.2) is 0 Å². The Morgan fingerprint density at radius 3 is 2.75 bits per heavy atom. The van der Waals surface area contributed by atoms with Crippen LogP contribution < -0.4 is 0 Å². The second-order valence-electron chi connectivity index (χ2n) is 4.01. The Morgan fingerprint density at radius 1 is 1.31 bits per heavy atom. The number of rotatable bonds is 7. The van der Waals surface area contributed by atoms with E-state index < -0.39 is 9.05 Å². The summed E-state index contributed by atoms with van der Waals surface area (Å²) in [6, 6.07) is 0. The van der Waals surface area contributed by atoms with Crippen molar-refractivity contribution in [3.05, 3.63) is 0 Å².